The molecule has 1 aromatic rings. The van der Waals surface area contributed by atoms with Gasteiger partial charge in [0.05, 0.1) is 6.07 Å². The first-order valence-electron chi connectivity index (χ1n) is 6.81. The maximum absolute atomic E-state index is 12.5. The van der Waals surface area contributed by atoms with Crippen LogP contribution >= 0.6 is 0 Å². The highest BCUT2D eigenvalue weighted by Crippen LogP contribution is 2.31. The largest absolute Gasteiger partial charge is 0.381 e. The van der Waals surface area contributed by atoms with Crippen molar-refractivity contribution in [2.75, 3.05) is 26.8 Å². The van der Waals surface area contributed by atoms with Crippen LogP contribution < -0.4 is 0 Å². The number of rotatable bonds is 4. The van der Waals surface area contributed by atoms with Gasteiger partial charge in [0.1, 0.15) is 5.41 Å². The van der Waals surface area contributed by atoms with Gasteiger partial charge in [0.25, 0.3) is 0 Å². The molecule has 2 rings (SSSR count). The zero-order chi connectivity index (χ0) is 14.4. The minimum absolute atomic E-state index is 0.0858. The van der Waals surface area contributed by atoms with Crippen LogP contribution in [0, 0.1) is 16.7 Å². The lowest BCUT2D eigenvalue weighted by Crippen LogP contribution is -2.45. The minimum Gasteiger partial charge on any atom is -0.381 e. The molecule has 0 radical (unpaired) electrons. The number of nitrogens with zero attached hydrogens (tertiary/aromatic N) is 3. The molecule has 20 heavy (non-hydrogen) atoms. The third-order valence-electron chi connectivity index (χ3n) is 3.80. The summed E-state index contributed by atoms with van der Waals surface area (Å²) in [7, 11) is 1.76. The van der Waals surface area contributed by atoms with Crippen LogP contribution in [0.15, 0.2) is 24.5 Å². The smallest absolute Gasteiger partial charge is 0.242 e. The molecule has 0 atom stereocenters. The highest BCUT2D eigenvalue weighted by molar-refractivity contribution is 5.85. The normalized spacial score (nSPS) is 17.2. The van der Waals surface area contributed by atoms with Crippen molar-refractivity contribution >= 4 is 5.91 Å². The molecule has 1 amide bonds. The van der Waals surface area contributed by atoms with Crippen molar-refractivity contribution in [2.45, 2.75) is 19.3 Å². The van der Waals surface area contributed by atoms with E-state index in [0.29, 0.717) is 32.6 Å². The Morgan fingerprint density at radius 2 is 2.10 bits per heavy atom. The van der Waals surface area contributed by atoms with Crippen molar-refractivity contribution in [1.29, 1.82) is 5.26 Å². The maximum Gasteiger partial charge on any atom is 0.242 e. The van der Waals surface area contributed by atoms with Crippen LogP contribution in [-0.4, -0.2) is 42.6 Å². The lowest BCUT2D eigenvalue weighted by Gasteiger charge is -2.33. The third kappa shape index (κ3) is 3.14. The van der Waals surface area contributed by atoms with E-state index in [4.69, 9.17) is 4.74 Å². The van der Waals surface area contributed by atoms with Gasteiger partial charge in [-0.3, -0.25) is 9.78 Å². The van der Waals surface area contributed by atoms with E-state index in [-0.39, 0.29) is 5.91 Å². The van der Waals surface area contributed by atoms with Crippen LogP contribution in [0.3, 0.4) is 0 Å². The second-order valence-corrected chi connectivity index (χ2v) is 5.14. The van der Waals surface area contributed by atoms with Crippen LogP contribution in [0.4, 0.5) is 0 Å². The van der Waals surface area contributed by atoms with Crippen molar-refractivity contribution < 1.29 is 9.53 Å². The average molecular weight is 273 g/mol. The van der Waals surface area contributed by atoms with Gasteiger partial charge in [-0.2, -0.15) is 5.26 Å². The Morgan fingerprint density at radius 3 is 2.70 bits per heavy atom. The van der Waals surface area contributed by atoms with Crippen LogP contribution in [-0.2, 0) is 16.0 Å². The Bertz CT molecular complexity index is 490. The number of ether oxygens (including phenoxy) is 1. The number of hydrogen-bond acceptors (Lipinski definition) is 4. The predicted molar refractivity (Wildman–Crippen MR) is 73.7 cm³/mol. The predicted octanol–water partition coefficient (Wildman–Crippen LogP) is 1.40. The minimum atomic E-state index is -0.898. The highest BCUT2D eigenvalue weighted by atomic mass is 16.5. The Morgan fingerprint density at radius 1 is 1.45 bits per heavy atom. The average Bonchev–Trinajstić information content (AvgIpc) is 2.53. The number of likely N-dealkylation sites (N-methyl/N-ethyl adjacent to an activating group) is 1. The molecule has 1 aromatic heterocycles. The lowest BCUT2D eigenvalue weighted by molar-refractivity contribution is -0.142. The van der Waals surface area contributed by atoms with Crippen LogP contribution in [0.1, 0.15) is 18.4 Å². The fourth-order valence-corrected chi connectivity index (χ4v) is 2.41. The SMILES string of the molecule is CN(CCc1ccncc1)C(=O)C1(C#N)CCOCC1. The second-order valence-electron chi connectivity index (χ2n) is 5.14. The van der Waals surface area contributed by atoms with Gasteiger partial charge < -0.3 is 9.64 Å². The maximum atomic E-state index is 12.5. The third-order valence-corrected chi connectivity index (χ3v) is 3.80. The van der Waals surface area contributed by atoms with E-state index in [1.54, 1.807) is 24.3 Å². The number of hydrogen-bond donors (Lipinski definition) is 0. The highest BCUT2D eigenvalue weighted by Gasteiger charge is 2.42. The quantitative estimate of drug-likeness (QED) is 0.831. The summed E-state index contributed by atoms with van der Waals surface area (Å²) in [5.41, 5.74) is 0.239. The summed E-state index contributed by atoms with van der Waals surface area (Å²) >= 11 is 0. The van der Waals surface area contributed by atoms with Crippen LogP contribution in [0.2, 0.25) is 0 Å². The van der Waals surface area contributed by atoms with Crippen molar-refractivity contribution in [1.82, 2.24) is 9.88 Å². The fraction of sp³-hybridized carbons (Fsp3) is 0.533. The van der Waals surface area contributed by atoms with E-state index in [9.17, 15) is 10.1 Å². The molecule has 0 spiro atoms. The van der Waals surface area contributed by atoms with Gasteiger partial charge in [-0.15, -0.1) is 0 Å². The summed E-state index contributed by atoms with van der Waals surface area (Å²) in [6.45, 7) is 1.57. The van der Waals surface area contributed by atoms with Crippen molar-refractivity contribution in [2.24, 2.45) is 5.41 Å². The van der Waals surface area contributed by atoms with Gasteiger partial charge in [-0.25, -0.2) is 0 Å². The Kier molecular flexibility index (Phi) is 4.70. The van der Waals surface area contributed by atoms with Gasteiger partial charge in [-0.1, -0.05) is 0 Å². The Balaban J connectivity index is 1.96. The first kappa shape index (κ1) is 14.5. The lowest BCUT2D eigenvalue weighted by atomic mass is 9.80. The van der Waals surface area contributed by atoms with Crippen molar-refractivity contribution in [3.05, 3.63) is 30.1 Å². The van der Waals surface area contributed by atoms with E-state index < -0.39 is 5.41 Å². The molecule has 1 saturated heterocycles. The standard InChI is InChI=1S/C15H19N3O2/c1-18(9-4-13-2-7-17-8-3-13)14(19)15(12-16)5-10-20-11-6-15/h2-3,7-8H,4-6,9-11H2,1H3. The Hall–Kier alpha value is -1.93. The summed E-state index contributed by atoms with van der Waals surface area (Å²) in [5, 5.41) is 9.38. The number of amides is 1. The van der Waals surface area contributed by atoms with Crippen molar-refractivity contribution in [3.8, 4) is 6.07 Å². The zero-order valence-corrected chi connectivity index (χ0v) is 11.7. The van der Waals surface area contributed by atoms with Crippen LogP contribution in [0.5, 0.6) is 0 Å². The van der Waals surface area contributed by atoms with Gasteiger partial charge in [0, 0.05) is 39.2 Å². The topological polar surface area (TPSA) is 66.2 Å². The molecule has 106 valence electrons. The van der Waals surface area contributed by atoms with E-state index in [2.05, 4.69) is 11.1 Å². The molecule has 0 N–H and O–H groups in total. The molecule has 1 fully saturated rings. The first-order chi connectivity index (χ1) is 9.68. The second kappa shape index (κ2) is 6.49. The summed E-state index contributed by atoms with van der Waals surface area (Å²) in [5.74, 6) is -0.0858. The summed E-state index contributed by atoms with van der Waals surface area (Å²) in [6.07, 6.45) is 5.23. The van der Waals surface area contributed by atoms with E-state index in [0.717, 1.165) is 12.0 Å². The molecule has 0 aromatic carbocycles. The molecule has 1 aliphatic rings. The molecular weight excluding hydrogens is 254 g/mol. The summed E-state index contributed by atoms with van der Waals surface area (Å²) in [4.78, 5) is 18.1. The molecule has 0 unspecified atom stereocenters. The number of carbonyl (C=O) groups excluding carboxylic acids is 1. The molecule has 0 bridgehead atoms. The fourth-order valence-electron chi connectivity index (χ4n) is 2.41. The van der Waals surface area contributed by atoms with Gasteiger partial charge in [-0.05, 0) is 37.0 Å². The molecule has 1 aliphatic heterocycles. The van der Waals surface area contributed by atoms with Gasteiger partial charge >= 0.3 is 0 Å². The van der Waals surface area contributed by atoms with Crippen molar-refractivity contribution in [3.63, 3.8) is 0 Å². The van der Waals surface area contributed by atoms with Gasteiger partial charge in [0.15, 0.2) is 0 Å². The summed E-state index contributed by atoms with van der Waals surface area (Å²) < 4.78 is 5.26. The van der Waals surface area contributed by atoms with Gasteiger partial charge in [0.2, 0.25) is 5.91 Å². The zero-order valence-electron chi connectivity index (χ0n) is 11.7. The molecule has 0 aliphatic carbocycles. The molecule has 5 heteroatoms. The molecule has 0 saturated carbocycles. The van der Waals surface area contributed by atoms with Crippen LogP contribution in [0.25, 0.3) is 0 Å². The van der Waals surface area contributed by atoms with E-state index in [1.165, 1.54) is 0 Å². The molecule has 5 nitrogen and oxygen atoms in total. The number of pyridine rings is 1. The first-order valence-corrected chi connectivity index (χ1v) is 6.81. The number of aromatic nitrogens is 1. The number of carbonyl (C=O) groups is 1. The van der Waals surface area contributed by atoms with E-state index >= 15 is 0 Å². The summed E-state index contributed by atoms with van der Waals surface area (Å²) in [6, 6.07) is 6.09. The number of nitriles is 1. The Labute approximate surface area is 119 Å². The van der Waals surface area contributed by atoms with E-state index in [1.807, 2.05) is 12.1 Å². The monoisotopic (exact) mass is 273 g/mol. The molecule has 2 heterocycles. The molecular formula is C15H19N3O2.